The third kappa shape index (κ3) is 4.72. The van der Waals surface area contributed by atoms with Gasteiger partial charge in [0.05, 0.1) is 0 Å². The molecule has 19 heteroatoms. The number of nitrogens with zero attached hydrogens (tertiary/aromatic N) is 8. The van der Waals surface area contributed by atoms with Gasteiger partial charge in [0.25, 0.3) is 0 Å². The minimum atomic E-state index is -1.84. The largest absolute Gasteiger partial charge is 0.343 e. The Bertz CT molecular complexity index is 727. The van der Waals surface area contributed by atoms with E-state index in [0.717, 1.165) is 0 Å². The summed E-state index contributed by atoms with van der Waals surface area (Å²) < 4.78 is 15.9. The molecule has 0 aromatic heterocycles. The third-order valence-corrected chi connectivity index (χ3v) is 4.84. The normalized spacial score (nSPS) is 40.1. The first kappa shape index (κ1) is 24.0. The van der Waals surface area contributed by atoms with E-state index in [4.69, 9.17) is 14.2 Å². The number of ether oxygens (including phenoxy) is 3. The molecule has 19 nitrogen and oxygen atoms in total. The molecule has 0 N–H and O–H groups in total. The summed E-state index contributed by atoms with van der Waals surface area (Å²) in [6.45, 7) is -1.41. The van der Waals surface area contributed by atoms with E-state index in [1.165, 1.54) is 0 Å². The van der Waals surface area contributed by atoms with Crippen LogP contribution in [-0.2, 0) is 14.2 Å². The van der Waals surface area contributed by atoms with Crippen molar-refractivity contribution < 1.29 is 14.2 Å². The van der Waals surface area contributed by atoms with E-state index < -0.39 is 74.1 Å². The number of rotatable bonds is 12. The highest BCUT2D eigenvalue weighted by Gasteiger charge is 2.55. The molecule has 2 saturated heterocycles. The van der Waals surface area contributed by atoms with Crippen molar-refractivity contribution >= 4 is 0 Å². The highest BCUT2D eigenvalue weighted by Crippen LogP contribution is 2.34. The van der Waals surface area contributed by atoms with Crippen molar-refractivity contribution in [3.8, 4) is 0 Å². The lowest BCUT2D eigenvalue weighted by Crippen LogP contribution is -2.62. The second-order valence-corrected chi connectivity index (χ2v) is 6.42. The second-order valence-electron chi connectivity index (χ2n) is 6.42. The topological polar surface area (TPSA) is 263 Å². The maximum absolute atomic E-state index is 11.4. The Hall–Kier alpha value is -3.32. The van der Waals surface area contributed by atoms with Crippen LogP contribution in [0.1, 0.15) is 0 Å². The molecule has 168 valence electrons. The van der Waals surface area contributed by atoms with Gasteiger partial charge in [0.15, 0.2) is 30.5 Å². The second kappa shape index (κ2) is 11.2. The Labute approximate surface area is 170 Å². The predicted molar refractivity (Wildman–Crippen MR) is 97.2 cm³/mol. The molecular formula is C12H14N8O11. The number of hydrogen-bond acceptors (Lipinski definition) is 19. The molecule has 2 aliphatic heterocycles. The maximum Gasteiger partial charge on any atom is 0.218 e. The Morgan fingerprint density at radius 1 is 0.548 bits per heavy atom. The lowest BCUT2D eigenvalue weighted by Gasteiger charge is -2.43. The van der Waals surface area contributed by atoms with Crippen molar-refractivity contribution in [1.29, 1.82) is 0 Å². The van der Waals surface area contributed by atoms with Crippen LogP contribution in [0.5, 0.6) is 0 Å². The summed E-state index contributed by atoms with van der Waals surface area (Å²) in [6.07, 6.45) is -8.24. The van der Waals surface area contributed by atoms with E-state index in [1.807, 2.05) is 0 Å². The van der Waals surface area contributed by atoms with Gasteiger partial charge in [-0.3, -0.25) is 0 Å². The molecule has 2 aliphatic rings. The summed E-state index contributed by atoms with van der Waals surface area (Å²) in [6, 6.07) is -8.68. The monoisotopic (exact) mass is 446 g/mol. The summed E-state index contributed by atoms with van der Waals surface area (Å²) in [7, 11) is 0. The van der Waals surface area contributed by atoms with Crippen LogP contribution in [0.3, 0.4) is 0 Å². The molecule has 0 radical (unpaired) electrons. The van der Waals surface area contributed by atoms with Gasteiger partial charge in [-0.2, -0.15) is 34.3 Å². The lowest BCUT2D eigenvalue weighted by molar-refractivity contribution is -0.262. The van der Waals surface area contributed by atoms with Gasteiger partial charge in [0.1, 0.15) is 37.4 Å². The maximum atomic E-state index is 11.4. The standard InChI is InChI=1S/C12H14N8O11/c21-13-1-3-5(15-23)6(16-24)9(19-27)12(30-3)31-10-4(2-14-22)29-11(20-28)8(18-26)7(10)17-25/h3-12H,1-2H2/t3?,4?,5-,6?,7?,8?,9?,10-,11-,12+/m1/s1. The van der Waals surface area contributed by atoms with Crippen molar-refractivity contribution in [2.75, 3.05) is 13.1 Å². The SMILES string of the molecule is O=NCC1O[C@@H](O[C@@H]2C(CN=O)O[C@@H](N=O)C(N=O)C2N=O)C(N=O)C(N=O)[C@@H]1N=O. The summed E-state index contributed by atoms with van der Waals surface area (Å²) in [5, 5.41) is 20.8. The fourth-order valence-corrected chi connectivity index (χ4v) is 3.41. The van der Waals surface area contributed by atoms with Crippen molar-refractivity contribution in [3.05, 3.63) is 39.3 Å². The van der Waals surface area contributed by atoms with E-state index in [9.17, 15) is 39.3 Å². The Morgan fingerprint density at radius 3 is 1.58 bits per heavy atom. The van der Waals surface area contributed by atoms with Gasteiger partial charge in [0.2, 0.25) is 6.23 Å². The molecule has 2 fully saturated rings. The van der Waals surface area contributed by atoms with Crippen LogP contribution in [0, 0.1) is 39.3 Å². The lowest BCUT2D eigenvalue weighted by atomic mass is 9.92. The molecule has 6 unspecified atom stereocenters. The molecule has 0 saturated carbocycles. The molecule has 0 aromatic rings. The zero-order valence-corrected chi connectivity index (χ0v) is 15.3. The zero-order valence-electron chi connectivity index (χ0n) is 15.3. The van der Waals surface area contributed by atoms with Crippen molar-refractivity contribution in [2.24, 2.45) is 41.4 Å². The van der Waals surface area contributed by atoms with Crippen LogP contribution in [-0.4, -0.2) is 74.1 Å². The van der Waals surface area contributed by atoms with Gasteiger partial charge in [-0.15, -0.1) is 4.91 Å². The van der Waals surface area contributed by atoms with Crippen LogP contribution in [0.4, 0.5) is 0 Å². The van der Waals surface area contributed by atoms with Gasteiger partial charge >= 0.3 is 0 Å². The first-order valence-corrected chi connectivity index (χ1v) is 8.54. The van der Waals surface area contributed by atoms with Crippen LogP contribution in [0.25, 0.3) is 0 Å². The predicted octanol–water partition coefficient (Wildman–Crippen LogP) is 0.796. The van der Waals surface area contributed by atoms with Crippen LogP contribution in [0.2, 0.25) is 0 Å². The van der Waals surface area contributed by atoms with Crippen molar-refractivity contribution in [1.82, 2.24) is 0 Å². The summed E-state index contributed by atoms with van der Waals surface area (Å²) in [5.74, 6) is 0. The van der Waals surface area contributed by atoms with Gasteiger partial charge in [-0.1, -0.05) is 36.2 Å². The van der Waals surface area contributed by atoms with Crippen LogP contribution >= 0.6 is 0 Å². The van der Waals surface area contributed by atoms with Gasteiger partial charge in [-0.05, 0) is 5.18 Å². The van der Waals surface area contributed by atoms with Crippen LogP contribution in [0.15, 0.2) is 41.4 Å². The Balaban J connectivity index is 2.41. The van der Waals surface area contributed by atoms with E-state index in [1.54, 1.807) is 0 Å². The Morgan fingerprint density at radius 2 is 1.10 bits per heavy atom. The first-order valence-electron chi connectivity index (χ1n) is 8.54. The molecule has 0 spiro atoms. The molecule has 31 heavy (non-hydrogen) atoms. The first-order chi connectivity index (χ1) is 15.0. The van der Waals surface area contributed by atoms with Crippen molar-refractivity contribution in [2.45, 2.75) is 61.0 Å². The quantitative estimate of drug-likeness (QED) is 0.378. The highest BCUT2D eigenvalue weighted by atomic mass is 16.7. The molecule has 10 atom stereocenters. The van der Waals surface area contributed by atoms with E-state index in [0.29, 0.717) is 0 Å². The van der Waals surface area contributed by atoms with Gasteiger partial charge < -0.3 is 14.2 Å². The smallest absolute Gasteiger partial charge is 0.218 e. The number of hydrogen-bond donors (Lipinski definition) is 0. The number of nitroso groups, excluding NO2 is 8. The summed E-state index contributed by atoms with van der Waals surface area (Å²) >= 11 is 0. The van der Waals surface area contributed by atoms with E-state index in [2.05, 4.69) is 41.4 Å². The third-order valence-electron chi connectivity index (χ3n) is 4.84. The summed E-state index contributed by atoms with van der Waals surface area (Å²) in [4.78, 5) is 88.5. The molecule has 0 amide bonds. The molecule has 0 bridgehead atoms. The summed E-state index contributed by atoms with van der Waals surface area (Å²) in [5.41, 5.74) is 0. The van der Waals surface area contributed by atoms with Crippen molar-refractivity contribution in [3.63, 3.8) is 0 Å². The molecule has 2 rings (SSSR count). The van der Waals surface area contributed by atoms with Crippen LogP contribution < -0.4 is 0 Å². The zero-order chi connectivity index (χ0) is 23.0. The average molecular weight is 446 g/mol. The highest BCUT2D eigenvalue weighted by molar-refractivity contribution is 5.05. The molecule has 0 aromatic carbocycles. The fourth-order valence-electron chi connectivity index (χ4n) is 3.41. The molecular weight excluding hydrogens is 432 g/mol. The fraction of sp³-hybridized carbons (Fsp3) is 1.00. The molecule has 2 heterocycles. The molecule has 0 aliphatic carbocycles. The van der Waals surface area contributed by atoms with Gasteiger partial charge in [-0.25, -0.2) is 0 Å². The van der Waals surface area contributed by atoms with Gasteiger partial charge in [0, 0.05) is 0 Å². The minimum Gasteiger partial charge on any atom is -0.343 e. The average Bonchev–Trinajstić information content (AvgIpc) is 2.79. The van der Waals surface area contributed by atoms with E-state index in [-0.39, 0.29) is 0 Å². The van der Waals surface area contributed by atoms with E-state index >= 15 is 0 Å². The minimum absolute atomic E-state index is 0.695. The Kier molecular flexibility index (Phi) is 8.63.